The predicted octanol–water partition coefficient (Wildman–Crippen LogP) is 4.39. The van der Waals surface area contributed by atoms with Crippen LogP contribution in [0.5, 0.6) is 5.75 Å². The molecule has 0 aliphatic rings. The monoisotopic (exact) mass is 464 g/mol. The van der Waals surface area contributed by atoms with E-state index in [1.807, 2.05) is 44.2 Å². The third-order valence-corrected chi connectivity index (χ3v) is 5.42. The van der Waals surface area contributed by atoms with Gasteiger partial charge in [0.15, 0.2) is 5.76 Å². The van der Waals surface area contributed by atoms with E-state index < -0.39 is 11.8 Å². The number of hydrazine groups is 1. The molecule has 2 N–H and O–H groups in total. The lowest BCUT2D eigenvalue weighted by Crippen LogP contribution is -2.41. The molecule has 0 bridgehead atoms. The highest BCUT2D eigenvalue weighted by molar-refractivity contribution is 6.31. The molecule has 0 aliphatic heterocycles. The normalized spacial score (nSPS) is 10.6. The molecule has 4 aromatic rings. The fourth-order valence-electron chi connectivity index (χ4n) is 3.13. The van der Waals surface area contributed by atoms with Crippen LogP contribution < -0.4 is 15.6 Å². The van der Waals surface area contributed by atoms with Crippen molar-refractivity contribution in [2.24, 2.45) is 0 Å². The van der Waals surface area contributed by atoms with Gasteiger partial charge in [-0.2, -0.15) is 5.10 Å². The molecule has 168 valence electrons. The molecule has 0 atom stereocenters. The molecule has 2 amide bonds. The molecule has 8 nitrogen and oxygen atoms in total. The van der Waals surface area contributed by atoms with Crippen LogP contribution in [-0.4, -0.2) is 21.6 Å². The van der Waals surface area contributed by atoms with E-state index in [-0.39, 0.29) is 12.4 Å². The number of carbonyl (C=O) groups is 2. The van der Waals surface area contributed by atoms with Crippen LogP contribution in [0.2, 0.25) is 5.02 Å². The number of halogens is 1. The lowest BCUT2D eigenvalue weighted by atomic mass is 10.2. The number of ether oxygens (including phenoxy) is 1. The van der Waals surface area contributed by atoms with Gasteiger partial charge < -0.3 is 9.15 Å². The van der Waals surface area contributed by atoms with Crippen LogP contribution >= 0.6 is 11.6 Å². The van der Waals surface area contributed by atoms with Crippen molar-refractivity contribution in [1.82, 2.24) is 20.6 Å². The molecule has 2 heterocycles. The second-order valence-electron chi connectivity index (χ2n) is 7.22. The highest BCUT2D eigenvalue weighted by Gasteiger charge is 2.15. The van der Waals surface area contributed by atoms with E-state index >= 15 is 0 Å². The average Bonchev–Trinajstić information content (AvgIpc) is 3.42. The standard InChI is InChI=1S/C24H21ClN4O4/c1-15-22(25)16(2)29(28-15)18-10-8-17(9-11-18)23(30)26-27-24(31)21-13-12-20(33-21)14-32-19-6-4-3-5-7-19/h3-13H,14H2,1-2H3,(H,26,30)(H,27,31). The molecule has 0 unspecified atom stereocenters. The van der Waals surface area contributed by atoms with E-state index in [4.69, 9.17) is 20.8 Å². The van der Waals surface area contributed by atoms with Gasteiger partial charge in [0.1, 0.15) is 18.1 Å². The average molecular weight is 465 g/mol. The second kappa shape index (κ2) is 9.62. The molecule has 33 heavy (non-hydrogen) atoms. The van der Waals surface area contributed by atoms with E-state index in [1.54, 1.807) is 35.0 Å². The molecular formula is C24H21ClN4O4. The smallest absolute Gasteiger partial charge is 0.305 e. The van der Waals surface area contributed by atoms with Crippen molar-refractivity contribution in [2.45, 2.75) is 20.5 Å². The Labute approximate surface area is 195 Å². The topological polar surface area (TPSA) is 98.4 Å². The quantitative estimate of drug-likeness (QED) is 0.412. The number of aryl methyl sites for hydroxylation is 1. The van der Waals surface area contributed by atoms with Gasteiger partial charge in [-0.05, 0) is 62.4 Å². The number of para-hydroxylation sites is 1. The zero-order valence-corrected chi connectivity index (χ0v) is 18.7. The third-order valence-electron chi connectivity index (χ3n) is 4.88. The summed E-state index contributed by atoms with van der Waals surface area (Å²) in [5, 5.41) is 4.99. The van der Waals surface area contributed by atoms with Crippen molar-refractivity contribution >= 4 is 23.4 Å². The van der Waals surface area contributed by atoms with E-state index in [2.05, 4.69) is 16.0 Å². The molecule has 0 saturated carbocycles. The summed E-state index contributed by atoms with van der Waals surface area (Å²) in [7, 11) is 0. The van der Waals surface area contributed by atoms with E-state index in [0.717, 1.165) is 17.1 Å². The van der Waals surface area contributed by atoms with Crippen LogP contribution in [0, 0.1) is 13.8 Å². The summed E-state index contributed by atoms with van der Waals surface area (Å²) in [5.41, 5.74) is 7.39. The fourth-order valence-corrected chi connectivity index (χ4v) is 3.24. The Balaban J connectivity index is 1.31. The van der Waals surface area contributed by atoms with Gasteiger partial charge in [-0.3, -0.25) is 20.4 Å². The number of nitrogens with one attached hydrogen (secondary N) is 2. The van der Waals surface area contributed by atoms with Crippen molar-refractivity contribution in [1.29, 1.82) is 0 Å². The van der Waals surface area contributed by atoms with E-state index in [9.17, 15) is 9.59 Å². The van der Waals surface area contributed by atoms with Gasteiger partial charge in [0.2, 0.25) is 0 Å². The minimum atomic E-state index is -0.580. The Bertz CT molecular complexity index is 1280. The first-order chi connectivity index (χ1) is 15.9. The van der Waals surface area contributed by atoms with Crippen molar-refractivity contribution < 1.29 is 18.7 Å². The van der Waals surface area contributed by atoms with Crippen molar-refractivity contribution in [3.63, 3.8) is 0 Å². The lowest BCUT2D eigenvalue weighted by molar-refractivity contribution is 0.0828. The van der Waals surface area contributed by atoms with Gasteiger partial charge in [0.05, 0.1) is 22.1 Å². The van der Waals surface area contributed by atoms with Gasteiger partial charge in [-0.1, -0.05) is 29.8 Å². The fraction of sp³-hybridized carbons (Fsp3) is 0.125. The number of aromatic nitrogens is 2. The van der Waals surface area contributed by atoms with Gasteiger partial charge in [-0.15, -0.1) is 0 Å². The first kappa shape index (κ1) is 22.2. The second-order valence-corrected chi connectivity index (χ2v) is 7.60. The maximum Gasteiger partial charge on any atom is 0.305 e. The minimum Gasteiger partial charge on any atom is -0.486 e. The molecule has 0 spiro atoms. The molecule has 4 rings (SSSR count). The van der Waals surface area contributed by atoms with Crippen LogP contribution in [0.1, 0.15) is 38.1 Å². The maximum atomic E-state index is 12.4. The van der Waals surface area contributed by atoms with Crippen LogP contribution in [-0.2, 0) is 6.61 Å². The largest absolute Gasteiger partial charge is 0.486 e. The summed E-state index contributed by atoms with van der Waals surface area (Å²) < 4.78 is 12.8. The van der Waals surface area contributed by atoms with Gasteiger partial charge >= 0.3 is 5.91 Å². The van der Waals surface area contributed by atoms with Crippen LogP contribution in [0.4, 0.5) is 0 Å². The SMILES string of the molecule is Cc1nn(-c2ccc(C(=O)NNC(=O)c3ccc(COc4ccccc4)o3)cc2)c(C)c1Cl. The molecule has 0 fully saturated rings. The Morgan fingerprint density at radius 2 is 1.67 bits per heavy atom. The summed E-state index contributed by atoms with van der Waals surface area (Å²) in [4.78, 5) is 24.7. The highest BCUT2D eigenvalue weighted by Crippen LogP contribution is 2.22. The summed E-state index contributed by atoms with van der Waals surface area (Å²) in [6.07, 6.45) is 0. The minimum absolute atomic E-state index is 0.0544. The molecule has 0 radical (unpaired) electrons. The summed E-state index contributed by atoms with van der Waals surface area (Å²) in [6.45, 7) is 3.87. The molecule has 0 saturated heterocycles. The van der Waals surface area contributed by atoms with Crippen molar-refractivity contribution in [3.8, 4) is 11.4 Å². The Morgan fingerprint density at radius 3 is 2.33 bits per heavy atom. The predicted molar refractivity (Wildman–Crippen MR) is 122 cm³/mol. The van der Waals surface area contributed by atoms with Crippen LogP contribution in [0.15, 0.2) is 71.1 Å². The molecule has 9 heteroatoms. The third kappa shape index (κ3) is 5.07. The maximum absolute atomic E-state index is 12.4. The van der Waals surface area contributed by atoms with Gasteiger partial charge in [-0.25, -0.2) is 4.68 Å². The zero-order chi connectivity index (χ0) is 23.4. The van der Waals surface area contributed by atoms with Crippen molar-refractivity contribution in [3.05, 3.63) is 100 Å². The Morgan fingerprint density at radius 1 is 0.970 bits per heavy atom. The number of hydrogen-bond donors (Lipinski definition) is 2. The Kier molecular flexibility index (Phi) is 6.46. The number of amides is 2. The first-order valence-corrected chi connectivity index (χ1v) is 10.5. The van der Waals surface area contributed by atoms with Crippen molar-refractivity contribution in [2.75, 3.05) is 0 Å². The number of rotatable bonds is 6. The number of benzene rings is 2. The summed E-state index contributed by atoms with van der Waals surface area (Å²) in [5.74, 6) is 0.178. The number of nitrogens with zero attached hydrogens (tertiary/aromatic N) is 2. The van der Waals surface area contributed by atoms with Crippen LogP contribution in [0.3, 0.4) is 0 Å². The number of furan rings is 1. The number of carbonyl (C=O) groups excluding carboxylic acids is 2. The summed E-state index contributed by atoms with van der Waals surface area (Å²) >= 11 is 6.20. The molecule has 0 aliphatic carbocycles. The zero-order valence-electron chi connectivity index (χ0n) is 18.0. The molecular weight excluding hydrogens is 444 g/mol. The number of hydrogen-bond acceptors (Lipinski definition) is 5. The lowest BCUT2D eigenvalue weighted by Gasteiger charge is -2.08. The van der Waals surface area contributed by atoms with Gasteiger partial charge in [0.25, 0.3) is 5.91 Å². The molecule has 2 aromatic carbocycles. The Hall–Kier alpha value is -4.04. The first-order valence-electron chi connectivity index (χ1n) is 10.1. The van der Waals surface area contributed by atoms with E-state index in [1.165, 1.54) is 6.07 Å². The summed E-state index contributed by atoms with van der Waals surface area (Å²) in [6, 6.07) is 19.2. The van der Waals surface area contributed by atoms with Crippen LogP contribution in [0.25, 0.3) is 5.69 Å². The van der Waals surface area contributed by atoms with E-state index in [0.29, 0.717) is 22.1 Å². The van der Waals surface area contributed by atoms with Gasteiger partial charge in [0, 0.05) is 5.56 Å². The highest BCUT2D eigenvalue weighted by atomic mass is 35.5. The molecule has 2 aromatic heterocycles.